The molecule has 0 aromatic rings. The highest BCUT2D eigenvalue weighted by Gasteiger charge is 1.01. The van der Waals surface area contributed by atoms with Gasteiger partial charge in [0.05, 0.1) is 0 Å². The molecule has 0 heterocycles. The fourth-order valence-corrected chi connectivity index (χ4v) is 0. The lowest BCUT2D eigenvalue weighted by molar-refractivity contribution is 0.108. The van der Waals surface area contributed by atoms with Gasteiger partial charge in [0.2, 0.25) is 0 Å². The lowest BCUT2D eigenvalue weighted by Crippen LogP contribution is -0.580. The molecule has 0 rings (SSSR count). The van der Waals surface area contributed by atoms with Crippen LogP contribution in [0.2, 0.25) is 0 Å². The van der Waals surface area contributed by atoms with Crippen molar-refractivity contribution in [2.24, 2.45) is 0 Å². The lowest BCUT2D eigenvalue weighted by Gasteiger charge is -1.00. The molecule has 0 unspecified atom stereocenters. The van der Waals surface area contributed by atoms with E-state index in [-0.39, 0.29) is 68.8 Å². The number of halogens is 10. The number of rotatable bonds is 0. The van der Waals surface area contributed by atoms with Gasteiger partial charge in [-0.15, -0.1) is 0 Å². The zero-order valence-electron chi connectivity index (χ0n) is 3.84. The van der Waals surface area contributed by atoms with Gasteiger partial charge < -0.3 is 0 Å². The predicted octanol–water partition coefficient (Wildman–Crippen LogP) is 8.76. The van der Waals surface area contributed by atoms with E-state index in [1.807, 2.05) is 0 Å². The molecule has 0 saturated carbocycles. The van der Waals surface area contributed by atoms with E-state index >= 15 is 0 Å². The molecule has 136 valence electrons. The largest absolute Gasteiger partial charge is 0.269 e. The number of hydrogen-bond donors (Lipinski definition) is 0. The maximum Gasteiger partial charge on any atom is 0 e. The first-order valence-electron chi connectivity index (χ1n) is 0.571. The van der Waals surface area contributed by atoms with Crippen LogP contribution in [0.3, 0.4) is 0 Å². The van der Waals surface area contributed by atoms with Crippen LogP contribution in [0.4, 0.5) is 46.0 Å². The molecular weight excluding hydrogens is 286 g/mol. The van der Waals surface area contributed by atoms with Gasteiger partial charge in [0.25, 0.3) is 0 Å². The average molecular weight is 320 g/mol. The molecule has 0 saturated heterocycles. The van der Waals surface area contributed by atoms with Crippen molar-refractivity contribution in [2.45, 2.75) is 59.4 Å². The molecule has 10 heteroatoms. The van der Waals surface area contributed by atoms with Gasteiger partial charge in [-0.3, -0.25) is 9.41 Å². The molecule has 0 amide bonds. The SMILES string of the molecule is C.C.C.C.C.C.C.C.F.F.FF.FF.FF.FF. The fourth-order valence-electron chi connectivity index (χ4n) is 0. The smallest absolute Gasteiger partial charge is 0 e. The molecule has 0 aliphatic carbocycles. The van der Waals surface area contributed by atoms with Crippen LogP contribution in [0.5, 0.6) is 0 Å². The molecule has 0 aromatic carbocycles. The van der Waals surface area contributed by atoms with Crippen LogP contribution in [0.15, 0.2) is 0 Å². The van der Waals surface area contributed by atoms with Crippen LogP contribution >= 0.6 is 0 Å². The monoisotopic (exact) mass is 320 g/mol. The summed E-state index contributed by atoms with van der Waals surface area (Å²) in [5.41, 5.74) is 0. The third-order valence-corrected chi connectivity index (χ3v) is 0. The van der Waals surface area contributed by atoms with Crippen LogP contribution in [0, 0.1) is 0 Å². The summed E-state index contributed by atoms with van der Waals surface area (Å²) >= 11 is 0. The fraction of sp³-hybridized carbons (Fsp3) is 1.00. The van der Waals surface area contributed by atoms with Gasteiger partial charge in [0, 0.05) is 36.6 Å². The second-order valence-electron chi connectivity index (χ2n) is 0. The quantitative estimate of drug-likeness (QED) is 0.391. The van der Waals surface area contributed by atoms with E-state index in [2.05, 4.69) is 0 Å². The van der Waals surface area contributed by atoms with Crippen molar-refractivity contribution >= 4 is 0 Å². The van der Waals surface area contributed by atoms with E-state index in [0.717, 1.165) is 0 Å². The Bertz CT molecular complexity index is 17.8. The van der Waals surface area contributed by atoms with E-state index in [1.54, 1.807) is 0 Å². The summed E-state index contributed by atoms with van der Waals surface area (Å²) in [5, 5.41) is 0. The Labute approximate surface area is 107 Å². The first kappa shape index (κ1) is 422. The zero-order valence-corrected chi connectivity index (χ0v) is 3.84. The Morgan fingerprint density at radius 2 is 0.222 bits per heavy atom. The maximum absolute atomic E-state index is 8.00. The van der Waals surface area contributed by atoms with Crippen molar-refractivity contribution in [3.8, 4) is 0 Å². The minimum atomic E-state index is 0. The maximum atomic E-state index is 8.00. The summed E-state index contributed by atoms with van der Waals surface area (Å²) in [5.74, 6) is 0. The molecular formula is C8H34F10. The Hall–Kier alpha value is -0.700. The van der Waals surface area contributed by atoms with Crippen molar-refractivity contribution in [1.82, 2.24) is 0 Å². The van der Waals surface area contributed by atoms with Crippen molar-refractivity contribution in [2.75, 3.05) is 0 Å². The molecule has 18 heavy (non-hydrogen) atoms. The van der Waals surface area contributed by atoms with Gasteiger partial charge in [-0.2, -0.15) is 0 Å². The summed E-state index contributed by atoms with van der Waals surface area (Å²) in [6, 6.07) is 0. The van der Waals surface area contributed by atoms with E-state index in [0.29, 0.717) is 0 Å². The second-order valence-corrected chi connectivity index (χ2v) is 0. The van der Waals surface area contributed by atoms with Crippen molar-refractivity contribution in [1.29, 1.82) is 0 Å². The minimum Gasteiger partial charge on any atom is -0.269 e. The lowest BCUT2D eigenvalue weighted by atomic mass is 12.0. The van der Waals surface area contributed by atoms with Gasteiger partial charge in [-0.25, -0.2) is 0 Å². The second kappa shape index (κ2) is 7790. The molecule has 0 aliphatic rings. The standard InChI is InChI=1S/8CH4.4F2.2FH/c;;;;;;;;4*1-2;;/h8*1H4;;;;;2*1H. The topological polar surface area (TPSA) is 0 Å². The average Bonchev–Trinajstić information content (AvgIpc) is 2.03. The zero-order chi connectivity index (χ0) is 8.00. The summed E-state index contributed by atoms with van der Waals surface area (Å²) < 4.78 is 64.0. The Kier molecular flexibility index (Phi) is 183000. The van der Waals surface area contributed by atoms with Crippen LogP contribution in [0.1, 0.15) is 59.4 Å². The molecule has 0 atom stereocenters. The van der Waals surface area contributed by atoms with E-state index in [9.17, 15) is 0 Å². The minimum absolute atomic E-state index is 0. The van der Waals surface area contributed by atoms with Gasteiger partial charge in [0.15, 0.2) is 0 Å². The van der Waals surface area contributed by atoms with Gasteiger partial charge in [-0.1, -0.05) is 59.4 Å². The first-order chi connectivity index (χ1) is 4.00. The highest BCUT2D eigenvalue weighted by atomic mass is 20.0. The molecule has 0 fully saturated rings. The van der Waals surface area contributed by atoms with Crippen molar-refractivity contribution < 1.29 is 46.0 Å². The summed E-state index contributed by atoms with van der Waals surface area (Å²) in [6.07, 6.45) is 0. The first-order valence-corrected chi connectivity index (χ1v) is 0.571. The third-order valence-electron chi connectivity index (χ3n) is 0. The van der Waals surface area contributed by atoms with Crippen LogP contribution < -0.4 is 0 Å². The van der Waals surface area contributed by atoms with Crippen LogP contribution in [-0.2, 0) is 0 Å². The van der Waals surface area contributed by atoms with Gasteiger partial charge in [0.1, 0.15) is 0 Å². The Morgan fingerprint density at radius 1 is 0.222 bits per heavy atom. The highest BCUT2D eigenvalue weighted by molar-refractivity contribution is 2.51. The van der Waals surface area contributed by atoms with Crippen LogP contribution in [-0.4, -0.2) is 0 Å². The van der Waals surface area contributed by atoms with E-state index in [1.165, 1.54) is 0 Å². The Balaban J connectivity index is -0.000000000833. The van der Waals surface area contributed by atoms with Crippen molar-refractivity contribution in [3.05, 3.63) is 0 Å². The summed E-state index contributed by atoms with van der Waals surface area (Å²) in [4.78, 5) is 0. The normalized spacial score (nSPS) is 1.33. The third kappa shape index (κ3) is 6390. The Morgan fingerprint density at radius 3 is 0.222 bits per heavy atom. The van der Waals surface area contributed by atoms with Gasteiger partial charge >= 0.3 is 0 Å². The molecule has 0 nitrogen and oxygen atoms in total. The van der Waals surface area contributed by atoms with Crippen LogP contribution in [0.25, 0.3) is 0 Å². The molecule has 0 aliphatic heterocycles. The highest BCUT2D eigenvalue weighted by Crippen LogP contribution is 1.43. The molecule has 0 aromatic heterocycles. The van der Waals surface area contributed by atoms with Crippen molar-refractivity contribution in [3.63, 3.8) is 0 Å². The molecule has 0 radical (unpaired) electrons. The van der Waals surface area contributed by atoms with E-state index in [4.69, 9.17) is 36.6 Å². The predicted molar refractivity (Wildman–Crippen MR) is 67.7 cm³/mol. The van der Waals surface area contributed by atoms with E-state index < -0.39 is 0 Å². The molecule has 0 spiro atoms. The molecule has 0 N–H and O–H groups in total. The molecule has 0 bridgehead atoms. The number of hydrogen-bond acceptors (Lipinski definition) is 0. The summed E-state index contributed by atoms with van der Waals surface area (Å²) in [6.45, 7) is 0. The van der Waals surface area contributed by atoms with Gasteiger partial charge in [-0.05, 0) is 0 Å². The summed E-state index contributed by atoms with van der Waals surface area (Å²) in [7, 11) is 0.